The number of nitrogens with two attached hydrogens (primary N) is 1. The minimum Gasteiger partial charge on any atom is -0.484 e. The largest absolute Gasteiger partial charge is 0.484 e. The molecule has 3 nitrogen and oxygen atoms in total. The van der Waals surface area contributed by atoms with Crippen molar-refractivity contribution in [3.63, 3.8) is 0 Å². The third-order valence-corrected chi connectivity index (χ3v) is 2.63. The van der Waals surface area contributed by atoms with Crippen molar-refractivity contribution in [3.05, 3.63) is 65.7 Å². The molecular formula is C15H14N2O. The van der Waals surface area contributed by atoms with Crippen molar-refractivity contribution in [2.45, 2.75) is 6.10 Å². The highest BCUT2D eigenvalue weighted by atomic mass is 16.5. The first-order chi connectivity index (χ1) is 8.83. The van der Waals surface area contributed by atoms with Crippen molar-refractivity contribution in [2.24, 2.45) is 5.73 Å². The Balaban J connectivity index is 2.18. The van der Waals surface area contributed by atoms with Gasteiger partial charge in [0.1, 0.15) is 11.9 Å². The molecule has 0 aromatic heterocycles. The summed E-state index contributed by atoms with van der Waals surface area (Å²) in [5.41, 5.74) is 7.34. The molecule has 0 bridgehead atoms. The fourth-order valence-corrected chi connectivity index (χ4v) is 1.72. The van der Waals surface area contributed by atoms with E-state index in [4.69, 9.17) is 15.7 Å². The van der Waals surface area contributed by atoms with Crippen LogP contribution in [0.15, 0.2) is 54.6 Å². The molecule has 0 saturated carbocycles. The number of nitriles is 1. The molecule has 2 aromatic rings. The standard InChI is InChI=1S/C15H14N2O/c16-10-12-5-4-8-14(9-12)18-15(11-17)13-6-2-1-3-7-13/h1-9,15H,11,17H2. The number of nitrogens with zero attached hydrogens (tertiary/aromatic N) is 1. The number of benzene rings is 2. The molecule has 0 heterocycles. The van der Waals surface area contributed by atoms with E-state index in [0.29, 0.717) is 17.9 Å². The highest BCUT2D eigenvalue weighted by Gasteiger charge is 2.10. The number of rotatable bonds is 4. The molecule has 0 aliphatic heterocycles. The topological polar surface area (TPSA) is 59.0 Å². The maximum atomic E-state index is 8.84. The molecule has 0 fully saturated rings. The fourth-order valence-electron chi connectivity index (χ4n) is 1.72. The molecule has 18 heavy (non-hydrogen) atoms. The van der Waals surface area contributed by atoms with E-state index in [0.717, 1.165) is 5.56 Å². The van der Waals surface area contributed by atoms with Crippen LogP contribution in [0.1, 0.15) is 17.2 Å². The summed E-state index contributed by atoms with van der Waals surface area (Å²) >= 11 is 0. The van der Waals surface area contributed by atoms with Crippen LogP contribution < -0.4 is 10.5 Å². The molecule has 2 rings (SSSR count). The zero-order valence-electron chi connectivity index (χ0n) is 9.91. The van der Waals surface area contributed by atoms with Crippen LogP contribution >= 0.6 is 0 Å². The monoisotopic (exact) mass is 238 g/mol. The molecule has 0 radical (unpaired) electrons. The van der Waals surface area contributed by atoms with Crippen LogP contribution in [0, 0.1) is 11.3 Å². The molecule has 0 spiro atoms. The Bertz CT molecular complexity index is 546. The van der Waals surface area contributed by atoms with Crippen LogP contribution in [0.5, 0.6) is 5.75 Å². The zero-order chi connectivity index (χ0) is 12.8. The lowest BCUT2D eigenvalue weighted by atomic mass is 10.1. The molecule has 1 unspecified atom stereocenters. The maximum absolute atomic E-state index is 8.84. The summed E-state index contributed by atoms with van der Waals surface area (Å²) in [6.45, 7) is 0.390. The average Bonchev–Trinajstić information content (AvgIpc) is 2.46. The summed E-state index contributed by atoms with van der Waals surface area (Å²) < 4.78 is 5.82. The Morgan fingerprint density at radius 3 is 2.56 bits per heavy atom. The zero-order valence-corrected chi connectivity index (χ0v) is 9.91. The third kappa shape index (κ3) is 2.88. The second-order valence-electron chi connectivity index (χ2n) is 3.89. The van der Waals surface area contributed by atoms with Crippen molar-refractivity contribution in [3.8, 4) is 11.8 Å². The third-order valence-electron chi connectivity index (χ3n) is 2.63. The van der Waals surface area contributed by atoms with E-state index in [1.807, 2.05) is 36.4 Å². The van der Waals surface area contributed by atoms with Gasteiger partial charge >= 0.3 is 0 Å². The summed E-state index contributed by atoms with van der Waals surface area (Å²) in [6.07, 6.45) is -0.194. The molecule has 2 N–H and O–H groups in total. The van der Waals surface area contributed by atoms with Crippen LogP contribution in [0.4, 0.5) is 0 Å². The second-order valence-corrected chi connectivity index (χ2v) is 3.89. The van der Waals surface area contributed by atoms with Gasteiger partial charge in [-0.1, -0.05) is 36.4 Å². The highest BCUT2D eigenvalue weighted by Crippen LogP contribution is 2.21. The van der Waals surface area contributed by atoms with E-state index in [-0.39, 0.29) is 6.10 Å². The SMILES string of the molecule is N#Cc1cccc(OC(CN)c2ccccc2)c1. The van der Waals surface area contributed by atoms with E-state index < -0.39 is 0 Å². The first kappa shape index (κ1) is 12.2. The minimum atomic E-state index is -0.194. The lowest BCUT2D eigenvalue weighted by molar-refractivity contribution is 0.214. The van der Waals surface area contributed by atoms with Gasteiger partial charge in [-0.05, 0) is 23.8 Å². The smallest absolute Gasteiger partial charge is 0.136 e. The summed E-state index contributed by atoms with van der Waals surface area (Å²) in [4.78, 5) is 0. The molecule has 3 heteroatoms. The Hall–Kier alpha value is -2.31. The molecule has 0 aliphatic rings. The normalized spacial score (nSPS) is 11.6. The second kappa shape index (κ2) is 5.85. The van der Waals surface area contributed by atoms with Crippen molar-refractivity contribution in [1.82, 2.24) is 0 Å². The molecule has 1 atom stereocenters. The lowest BCUT2D eigenvalue weighted by Gasteiger charge is -2.17. The Labute approximate surface area is 106 Å². The van der Waals surface area contributed by atoms with E-state index in [1.165, 1.54) is 0 Å². The van der Waals surface area contributed by atoms with E-state index >= 15 is 0 Å². The van der Waals surface area contributed by atoms with Gasteiger partial charge in [-0.2, -0.15) is 5.26 Å². The molecule has 0 saturated heterocycles. The van der Waals surface area contributed by atoms with Gasteiger partial charge in [-0.25, -0.2) is 0 Å². The Morgan fingerprint density at radius 1 is 1.11 bits per heavy atom. The summed E-state index contributed by atoms with van der Waals surface area (Å²) in [5, 5.41) is 8.84. The molecule has 0 aliphatic carbocycles. The van der Waals surface area contributed by atoms with E-state index in [2.05, 4.69) is 6.07 Å². The predicted octanol–water partition coefficient (Wildman–Crippen LogP) is 2.64. The number of ether oxygens (including phenoxy) is 1. The van der Waals surface area contributed by atoms with Crippen LogP contribution in [-0.2, 0) is 0 Å². The van der Waals surface area contributed by atoms with E-state index in [1.54, 1.807) is 18.2 Å². The Morgan fingerprint density at radius 2 is 1.89 bits per heavy atom. The molecule has 0 amide bonds. The van der Waals surface area contributed by atoms with Crippen LogP contribution in [-0.4, -0.2) is 6.54 Å². The summed E-state index contributed by atoms with van der Waals surface area (Å²) in [5.74, 6) is 0.661. The maximum Gasteiger partial charge on any atom is 0.136 e. The Kier molecular flexibility index (Phi) is 3.95. The van der Waals surface area contributed by atoms with Crippen LogP contribution in [0.3, 0.4) is 0 Å². The predicted molar refractivity (Wildman–Crippen MR) is 70.0 cm³/mol. The highest BCUT2D eigenvalue weighted by molar-refractivity contribution is 5.36. The van der Waals surface area contributed by atoms with Gasteiger partial charge in [0.2, 0.25) is 0 Å². The van der Waals surface area contributed by atoms with Crippen molar-refractivity contribution >= 4 is 0 Å². The first-order valence-corrected chi connectivity index (χ1v) is 5.75. The number of hydrogen-bond acceptors (Lipinski definition) is 3. The van der Waals surface area contributed by atoms with Gasteiger partial charge in [0.15, 0.2) is 0 Å². The quantitative estimate of drug-likeness (QED) is 0.890. The lowest BCUT2D eigenvalue weighted by Crippen LogP contribution is -2.18. The van der Waals surface area contributed by atoms with Gasteiger partial charge in [-0.15, -0.1) is 0 Å². The fraction of sp³-hybridized carbons (Fsp3) is 0.133. The minimum absolute atomic E-state index is 0.194. The van der Waals surface area contributed by atoms with Gasteiger partial charge in [0.25, 0.3) is 0 Å². The van der Waals surface area contributed by atoms with Gasteiger partial charge in [0.05, 0.1) is 11.6 Å². The van der Waals surface area contributed by atoms with Gasteiger partial charge < -0.3 is 10.5 Å². The van der Waals surface area contributed by atoms with Crippen molar-refractivity contribution < 1.29 is 4.74 Å². The van der Waals surface area contributed by atoms with Crippen LogP contribution in [0.2, 0.25) is 0 Å². The average molecular weight is 238 g/mol. The van der Waals surface area contributed by atoms with Gasteiger partial charge in [-0.3, -0.25) is 0 Å². The summed E-state index contributed by atoms with van der Waals surface area (Å²) in [7, 11) is 0. The van der Waals surface area contributed by atoms with E-state index in [9.17, 15) is 0 Å². The molecule has 90 valence electrons. The number of hydrogen-bond donors (Lipinski definition) is 1. The van der Waals surface area contributed by atoms with Crippen LogP contribution in [0.25, 0.3) is 0 Å². The molecule has 2 aromatic carbocycles. The first-order valence-electron chi connectivity index (χ1n) is 5.75. The van der Waals surface area contributed by atoms with Crippen molar-refractivity contribution in [1.29, 1.82) is 5.26 Å². The molecular weight excluding hydrogens is 224 g/mol. The summed E-state index contributed by atoms with van der Waals surface area (Å²) in [6, 6.07) is 19.0. The van der Waals surface area contributed by atoms with Gasteiger partial charge in [0, 0.05) is 6.54 Å². The van der Waals surface area contributed by atoms with Crippen molar-refractivity contribution in [2.75, 3.05) is 6.54 Å².